The molecule has 0 saturated carbocycles. The van der Waals surface area contributed by atoms with E-state index in [9.17, 15) is 14.7 Å². The van der Waals surface area contributed by atoms with Crippen LogP contribution in [0.1, 0.15) is 20.7 Å². The van der Waals surface area contributed by atoms with E-state index in [0.717, 1.165) is 5.56 Å². The fraction of sp³-hybridized carbons (Fsp3) is 0. The number of para-hydroxylation sites is 1. The molecule has 0 bridgehead atoms. The van der Waals surface area contributed by atoms with Crippen LogP contribution in [0.5, 0.6) is 0 Å². The van der Waals surface area contributed by atoms with Crippen LogP contribution in [0.4, 0.5) is 5.69 Å². The number of amides is 1. The van der Waals surface area contributed by atoms with Gasteiger partial charge in [0.25, 0.3) is 5.91 Å². The molecular weight excluding hydrogens is 334 g/mol. The molecule has 5 heteroatoms. The predicted octanol–water partition coefficient (Wildman–Crippen LogP) is 4.59. The Morgan fingerprint density at radius 1 is 0.840 bits per heavy atom. The van der Waals surface area contributed by atoms with Crippen LogP contribution in [0, 0.1) is 0 Å². The molecule has 0 heterocycles. The van der Waals surface area contributed by atoms with Crippen LogP contribution in [0.3, 0.4) is 0 Å². The van der Waals surface area contributed by atoms with Crippen molar-refractivity contribution in [1.82, 2.24) is 0 Å². The lowest BCUT2D eigenvalue weighted by Crippen LogP contribution is -2.18. The zero-order valence-electron chi connectivity index (χ0n) is 13.1. The molecule has 0 aromatic heterocycles. The highest BCUT2D eigenvalue weighted by Crippen LogP contribution is 2.28. The van der Waals surface area contributed by atoms with Crippen molar-refractivity contribution in [1.29, 1.82) is 0 Å². The van der Waals surface area contributed by atoms with Crippen molar-refractivity contribution < 1.29 is 14.7 Å². The van der Waals surface area contributed by atoms with Crippen LogP contribution in [0.15, 0.2) is 77.7 Å². The van der Waals surface area contributed by atoms with Gasteiger partial charge in [-0.1, -0.05) is 54.6 Å². The van der Waals surface area contributed by atoms with Crippen molar-refractivity contribution >= 4 is 30.2 Å². The minimum atomic E-state index is -1.15. The van der Waals surface area contributed by atoms with Gasteiger partial charge in [-0.15, -0.1) is 12.6 Å². The number of carboxylic acid groups (broad SMARTS) is 1. The van der Waals surface area contributed by atoms with E-state index >= 15 is 0 Å². The topological polar surface area (TPSA) is 66.4 Å². The van der Waals surface area contributed by atoms with Crippen LogP contribution in [-0.4, -0.2) is 17.0 Å². The van der Waals surface area contributed by atoms with Crippen LogP contribution in [0.2, 0.25) is 0 Å². The zero-order chi connectivity index (χ0) is 17.8. The van der Waals surface area contributed by atoms with E-state index in [1.807, 2.05) is 30.3 Å². The molecule has 0 aliphatic rings. The van der Waals surface area contributed by atoms with Crippen molar-refractivity contribution in [2.24, 2.45) is 0 Å². The highest BCUT2D eigenvalue weighted by Gasteiger charge is 2.21. The molecule has 2 N–H and O–H groups in total. The summed E-state index contributed by atoms with van der Waals surface area (Å²) in [6.45, 7) is 0. The van der Waals surface area contributed by atoms with Gasteiger partial charge in [-0.05, 0) is 29.3 Å². The summed E-state index contributed by atoms with van der Waals surface area (Å²) in [5, 5.41) is 12.3. The van der Waals surface area contributed by atoms with Gasteiger partial charge in [-0.2, -0.15) is 0 Å². The standard InChI is InChI=1S/C20H15NO3S/c22-19(21-16-11-4-5-12-17(16)25)18-14(13-7-2-1-3-8-13)9-6-10-15(18)20(23)24/h1-12,25H,(H,21,22)(H,23,24). The summed E-state index contributed by atoms with van der Waals surface area (Å²) in [5.41, 5.74) is 1.94. The summed E-state index contributed by atoms with van der Waals surface area (Å²) in [6.07, 6.45) is 0. The van der Waals surface area contributed by atoms with E-state index < -0.39 is 11.9 Å². The van der Waals surface area contributed by atoms with Gasteiger partial charge in [-0.3, -0.25) is 4.79 Å². The molecule has 124 valence electrons. The van der Waals surface area contributed by atoms with E-state index in [2.05, 4.69) is 17.9 Å². The minimum Gasteiger partial charge on any atom is -0.478 e. The second-order valence-corrected chi connectivity index (χ2v) is 5.85. The first-order valence-electron chi connectivity index (χ1n) is 7.59. The highest BCUT2D eigenvalue weighted by atomic mass is 32.1. The predicted molar refractivity (Wildman–Crippen MR) is 100 cm³/mol. The number of carbonyl (C=O) groups is 2. The molecule has 3 aromatic rings. The average molecular weight is 349 g/mol. The fourth-order valence-electron chi connectivity index (χ4n) is 2.60. The SMILES string of the molecule is O=C(O)c1cccc(-c2ccccc2)c1C(=O)Nc1ccccc1S. The van der Waals surface area contributed by atoms with E-state index in [1.165, 1.54) is 6.07 Å². The molecule has 0 unspecified atom stereocenters. The molecule has 0 aliphatic heterocycles. The molecule has 25 heavy (non-hydrogen) atoms. The monoisotopic (exact) mass is 349 g/mol. The normalized spacial score (nSPS) is 10.3. The van der Waals surface area contributed by atoms with Crippen LogP contribution < -0.4 is 5.32 Å². The smallest absolute Gasteiger partial charge is 0.336 e. The Morgan fingerprint density at radius 3 is 2.20 bits per heavy atom. The van der Waals surface area contributed by atoms with Crippen LogP contribution >= 0.6 is 12.6 Å². The minimum absolute atomic E-state index is 0.0458. The molecule has 1 amide bonds. The Balaban J connectivity index is 2.11. The Bertz CT molecular complexity index is 939. The number of nitrogens with one attached hydrogen (secondary N) is 1. The van der Waals surface area contributed by atoms with Gasteiger partial charge in [0.1, 0.15) is 0 Å². The van der Waals surface area contributed by atoms with E-state index in [0.29, 0.717) is 16.1 Å². The summed E-state index contributed by atoms with van der Waals surface area (Å²) in [4.78, 5) is 25.1. The van der Waals surface area contributed by atoms with Gasteiger partial charge < -0.3 is 10.4 Å². The third-order valence-corrected chi connectivity index (χ3v) is 4.15. The zero-order valence-corrected chi connectivity index (χ0v) is 14.0. The largest absolute Gasteiger partial charge is 0.478 e. The average Bonchev–Trinajstić information content (AvgIpc) is 2.63. The number of hydrogen-bond acceptors (Lipinski definition) is 3. The molecule has 4 nitrogen and oxygen atoms in total. The lowest BCUT2D eigenvalue weighted by atomic mass is 9.94. The first-order valence-corrected chi connectivity index (χ1v) is 8.03. The van der Waals surface area contributed by atoms with Crippen molar-refractivity contribution in [2.45, 2.75) is 4.90 Å². The Labute approximate surface area is 150 Å². The molecule has 0 saturated heterocycles. The number of anilines is 1. The highest BCUT2D eigenvalue weighted by molar-refractivity contribution is 7.80. The molecule has 0 fully saturated rings. The Hall–Kier alpha value is -3.05. The molecule has 0 radical (unpaired) electrons. The molecule has 3 aromatic carbocycles. The van der Waals surface area contributed by atoms with Crippen LogP contribution in [-0.2, 0) is 0 Å². The van der Waals surface area contributed by atoms with Gasteiger partial charge in [-0.25, -0.2) is 4.79 Å². The number of rotatable bonds is 4. The third kappa shape index (κ3) is 3.56. The fourth-order valence-corrected chi connectivity index (χ4v) is 2.81. The number of carboxylic acids is 1. The summed E-state index contributed by atoms with van der Waals surface area (Å²) >= 11 is 4.32. The van der Waals surface area contributed by atoms with E-state index in [-0.39, 0.29) is 11.1 Å². The van der Waals surface area contributed by atoms with Gasteiger partial charge in [0.15, 0.2) is 0 Å². The lowest BCUT2D eigenvalue weighted by molar-refractivity contribution is 0.0692. The maximum absolute atomic E-state index is 12.9. The molecule has 0 atom stereocenters. The first kappa shape index (κ1) is 16.8. The Kier molecular flexibility index (Phi) is 4.86. The summed E-state index contributed by atoms with van der Waals surface area (Å²) in [6, 6.07) is 21.1. The number of aromatic carboxylic acids is 1. The number of thiol groups is 1. The number of hydrogen-bond donors (Lipinski definition) is 3. The van der Waals surface area contributed by atoms with Crippen molar-refractivity contribution in [3.63, 3.8) is 0 Å². The van der Waals surface area contributed by atoms with Gasteiger partial charge in [0.05, 0.1) is 16.8 Å². The first-order chi connectivity index (χ1) is 12.1. The van der Waals surface area contributed by atoms with E-state index in [1.54, 1.807) is 36.4 Å². The lowest BCUT2D eigenvalue weighted by Gasteiger charge is -2.14. The van der Waals surface area contributed by atoms with Gasteiger partial charge in [0, 0.05) is 4.90 Å². The molecular formula is C20H15NO3S. The number of benzene rings is 3. The quantitative estimate of drug-likeness (QED) is 0.603. The van der Waals surface area contributed by atoms with Crippen molar-refractivity contribution in [3.8, 4) is 11.1 Å². The molecule has 3 rings (SSSR count). The summed E-state index contributed by atoms with van der Waals surface area (Å²) < 4.78 is 0. The second-order valence-electron chi connectivity index (χ2n) is 5.37. The van der Waals surface area contributed by atoms with Gasteiger partial charge in [0.2, 0.25) is 0 Å². The summed E-state index contributed by atoms with van der Waals surface area (Å²) in [5.74, 6) is -1.64. The Morgan fingerprint density at radius 2 is 1.52 bits per heavy atom. The van der Waals surface area contributed by atoms with Crippen LogP contribution in [0.25, 0.3) is 11.1 Å². The third-order valence-electron chi connectivity index (χ3n) is 3.76. The van der Waals surface area contributed by atoms with Crippen molar-refractivity contribution in [2.75, 3.05) is 5.32 Å². The number of carbonyl (C=O) groups excluding carboxylic acids is 1. The maximum Gasteiger partial charge on any atom is 0.336 e. The molecule has 0 aliphatic carbocycles. The maximum atomic E-state index is 12.9. The molecule has 0 spiro atoms. The van der Waals surface area contributed by atoms with Crippen molar-refractivity contribution in [3.05, 3.63) is 83.9 Å². The van der Waals surface area contributed by atoms with Gasteiger partial charge >= 0.3 is 5.97 Å². The second kappa shape index (κ2) is 7.23. The summed E-state index contributed by atoms with van der Waals surface area (Å²) in [7, 11) is 0. The van der Waals surface area contributed by atoms with E-state index in [4.69, 9.17) is 0 Å².